The maximum absolute atomic E-state index is 12.8. The van der Waals surface area contributed by atoms with Crippen molar-refractivity contribution in [2.75, 3.05) is 13.1 Å². The summed E-state index contributed by atoms with van der Waals surface area (Å²) < 4.78 is 3.08. The predicted octanol–water partition coefficient (Wildman–Crippen LogP) is 2.87. The molecule has 1 saturated heterocycles. The van der Waals surface area contributed by atoms with E-state index in [9.17, 15) is 9.59 Å². The van der Waals surface area contributed by atoms with E-state index in [1.807, 2.05) is 36.1 Å². The number of carbonyl (C=O) groups excluding carboxylic acids is 1. The van der Waals surface area contributed by atoms with Crippen LogP contribution in [-0.4, -0.2) is 38.1 Å². The van der Waals surface area contributed by atoms with Crippen LogP contribution in [0.15, 0.2) is 47.5 Å². The molecule has 1 amide bonds. The molecule has 6 nitrogen and oxygen atoms in total. The standard InChI is InChI=1S/C21H24N4O2/c1-16-6-8-17(9-7-16)18-14-19-21(27)24(12-13-25(19)22-18)15-20(26)23-10-4-2-3-5-11-23/h6-9,12-14H,2-5,10-11,15H2,1H3. The van der Waals surface area contributed by atoms with Crippen molar-refractivity contribution in [3.05, 3.63) is 58.6 Å². The molecule has 0 bridgehead atoms. The van der Waals surface area contributed by atoms with Gasteiger partial charge in [0.05, 0.1) is 5.69 Å². The van der Waals surface area contributed by atoms with E-state index in [2.05, 4.69) is 5.10 Å². The zero-order valence-electron chi connectivity index (χ0n) is 15.6. The van der Waals surface area contributed by atoms with E-state index in [1.54, 1.807) is 23.0 Å². The van der Waals surface area contributed by atoms with E-state index in [1.165, 1.54) is 23.0 Å². The van der Waals surface area contributed by atoms with Gasteiger partial charge in [-0.1, -0.05) is 42.7 Å². The molecule has 1 fully saturated rings. The number of benzene rings is 1. The van der Waals surface area contributed by atoms with Gasteiger partial charge in [0, 0.05) is 31.0 Å². The van der Waals surface area contributed by atoms with Crippen molar-refractivity contribution in [3.63, 3.8) is 0 Å². The Morgan fingerprint density at radius 1 is 1.04 bits per heavy atom. The lowest BCUT2D eigenvalue weighted by Gasteiger charge is -2.20. The van der Waals surface area contributed by atoms with E-state index in [4.69, 9.17) is 0 Å². The summed E-state index contributed by atoms with van der Waals surface area (Å²) in [5.41, 5.74) is 3.19. The molecule has 4 rings (SSSR count). The predicted molar refractivity (Wildman–Crippen MR) is 105 cm³/mol. The van der Waals surface area contributed by atoms with Crippen LogP contribution in [0.1, 0.15) is 31.2 Å². The average molecular weight is 364 g/mol. The number of carbonyl (C=O) groups is 1. The molecule has 0 saturated carbocycles. The van der Waals surface area contributed by atoms with Crippen LogP contribution in [0.4, 0.5) is 0 Å². The second-order valence-electron chi connectivity index (χ2n) is 7.25. The Morgan fingerprint density at radius 3 is 2.44 bits per heavy atom. The van der Waals surface area contributed by atoms with Gasteiger partial charge in [-0.05, 0) is 25.8 Å². The van der Waals surface area contributed by atoms with E-state index in [-0.39, 0.29) is 18.0 Å². The first-order valence-electron chi connectivity index (χ1n) is 9.55. The Morgan fingerprint density at radius 2 is 1.74 bits per heavy atom. The van der Waals surface area contributed by atoms with Gasteiger partial charge in [-0.25, -0.2) is 4.52 Å². The summed E-state index contributed by atoms with van der Waals surface area (Å²) in [5, 5.41) is 4.50. The number of aryl methyl sites for hydroxylation is 1. The number of rotatable bonds is 3. The van der Waals surface area contributed by atoms with Gasteiger partial charge in [0.1, 0.15) is 12.1 Å². The van der Waals surface area contributed by atoms with Crippen molar-refractivity contribution in [1.29, 1.82) is 0 Å². The molecular formula is C21H24N4O2. The van der Waals surface area contributed by atoms with Crippen LogP contribution in [0.3, 0.4) is 0 Å². The molecule has 0 spiro atoms. The van der Waals surface area contributed by atoms with Crippen LogP contribution < -0.4 is 5.56 Å². The molecule has 140 valence electrons. The third-order valence-electron chi connectivity index (χ3n) is 5.22. The van der Waals surface area contributed by atoms with Crippen LogP contribution in [-0.2, 0) is 11.3 Å². The maximum atomic E-state index is 12.8. The summed E-state index contributed by atoms with van der Waals surface area (Å²) in [5.74, 6) is 0.0154. The van der Waals surface area contributed by atoms with Crippen LogP contribution >= 0.6 is 0 Å². The first-order valence-corrected chi connectivity index (χ1v) is 9.55. The van der Waals surface area contributed by atoms with Gasteiger partial charge in [-0.3, -0.25) is 9.59 Å². The molecule has 1 aliphatic rings. The first-order chi connectivity index (χ1) is 13.1. The van der Waals surface area contributed by atoms with Gasteiger partial charge in [0.2, 0.25) is 5.91 Å². The molecule has 3 heterocycles. The Balaban J connectivity index is 1.61. The lowest BCUT2D eigenvalue weighted by Crippen LogP contribution is -2.37. The van der Waals surface area contributed by atoms with Crippen molar-refractivity contribution in [3.8, 4) is 11.3 Å². The molecule has 1 aliphatic heterocycles. The minimum atomic E-state index is -0.188. The zero-order valence-corrected chi connectivity index (χ0v) is 15.6. The fourth-order valence-electron chi connectivity index (χ4n) is 3.58. The number of hydrogen-bond donors (Lipinski definition) is 0. The number of amides is 1. The number of hydrogen-bond acceptors (Lipinski definition) is 3. The highest BCUT2D eigenvalue weighted by molar-refractivity contribution is 5.76. The Hall–Kier alpha value is -2.89. The number of fused-ring (bicyclic) bond motifs is 1. The minimum absolute atomic E-state index is 0.0154. The third kappa shape index (κ3) is 3.65. The second-order valence-corrected chi connectivity index (χ2v) is 7.25. The molecule has 0 aliphatic carbocycles. The number of nitrogens with zero attached hydrogens (tertiary/aromatic N) is 4. The highest BCUT2D eigenvalue weighted by Gasteiger charge is 2.17. The summed E-state index contributed by atoms with van der Waals surface area (Å²) in [6, 6.07) is 9.84. The van der Waals surface area contributed by atoms with E-state index in [0.29, 0.717) is 5.52 Å². The fourth-order valence-corrected chi connectivity index (χ4v) is 3.58. The van der Waals surface area contributed by atoms with Crippen LogP contribution in [0.25, 0.3) is 16.8 Å². The Kier molecular flexibility index (Phi) is 4.79. The first kappa shape index (κ1) is 17.5. The van der Waals surface area contributed by atoms with Gasteiger partial charge in [-0.2, -0.15) is 5.10 Å². The minimum Gasteiger partial charge on any atom is -0.341 e. The second kappa shape index (κ2) is 7.39. The van der Waals surface area contributed by atoms with Crippen molar-refractivity contribution in [2.45, 2.75) is 39.2 Å². The summed E-state index contributed by atoms with van der Waals surface area (Å²) in [4.78, 5) is 27.3. The molecule has 1 aromatic carbocycles. The Bertz CT molecular complexity index is 1010. The summed E-state index contributed by atoms with van der Waals surface area (Å²) in [6.07, 6.45) is 7.83. The molecule has 0 atom stereocenters. The van der Waals surface area contributed by atoms with E-state index < -0.39 is 0 Å². The van der Waals surface area contributed by atoms with Crippen molar-refractivity contribution < 1.29 is 4.79 Å². The smallest absolute Gasteiger partial charge is 0.277 e. The molecule has 3 aromatic rings. The fraction of sp³-hybridized carbons (Fsp3) is 0.381. The summed E-state index contributed by atoms with van der Waals surface area (Å²) in [6.45, 7) is 3.70. The van der Waals surface area contributed by atoms with Crippen molar-refractivity contribution in [1.82, 2.24) is 19.1 Å². The number of likely N-dealkylation sites (tertiary alicyclic amines) is 1. The SMILES string of the molecule is Cc1ccc(-c2cc3c(=O)n(CC(=O)N4CCCCCC4)ccn3n2)cc1. The van der Waals surface area contributed by atoms with E-state index >= 15 is 0 Å². The monoisotopic (exact) mass is 364 g/mol. The van der Waals surface area contributed by atoms with Gasteiger partial charge in [0.25, 0.3) is 5.56 Å². The molecule has 6 heteroatoms. The molecular weight excluding hydrogens is 340 g/mol. The maximum Gasteiger partial charge on any atom is 0.277 e. The van der Waals surface area contributed by atoms with Crippen LogP contribution in [0, 0.1) is 6.92 Å². The summed E-state index contributed by atoms with van der Waals surface area (Å²) in [7, 11) is 0. The Labute approximate surface area is 158 Å². The quantitative estimate of drug-likeness (QED) is 0.718. The molecule has 27 heavy (non-hydrogen) atoms. The van der Waals surface area contributed by atoms with Gasteiger partial charge in [-0.15, -0.1) is 0 Å². The van der Waals surface area contributed by atoms with Crippen LogP contribution in [0.2, 0.25) is 0 Å². The topological polar surface area (TPSA) is 59.6 Å². The van der Waals surface area contributed by atoms with Crippen LogP contribution in [0.5, 0.6) is 0 Å². The largest absolute Gasteiger partial charge is 0.341 e. The molecule has 2 aromatic heterocycles. The summed E-state index contributed by atoms with van der Waals surface area (Å²) >= 11 is 0. The van der Waals surface area contributed by atoms with Gasteiger partial charge in [0.15, 0.2) is 0 Å². The molecule has 0 radical (unpaired) electrons. The molecule has 0 N–H and O–H groups in total. The van der Waals surface area contributed by atoms with Gasteiger partial charge < -0.3 is 9.47 Å². The van der Waals surface area contributed by atoms with Crippen molar-refractivity contribution >= 4 is 11.4 Å². The highest BCUT2D eigenvalue weighted by atomic mass is 16.2. The lowest BCUT2D eigenvalue weighted by atomic mass is 10.1. The van der Waals surface area contributed by atoms with E-state index in [0.717, 1.165) is 37.2 Å². The van der Waals surface area contributed by atoms with Crippen molar-refractivity contribution in [2.24, 2.45) is 0 Å². The van der Waals surface area contributed by atoms with Gasteiger partial charge >= 0.3 is 0 Å². The normalized spacial score (nSPS) is 15.1. The average Bonchev–Trinajstić information content (AvgIpc) is 2.92. The third-order valence-corrected chi connectivity index (χ3v) is 5.22. The lowest BCUT2D eigenvalue weighted by molar-refractivity contribution is -0.131. The number of aromatic nitrogens is 3. The highest BCUT2D eigenvalue weighted by Crippen LogP contribution is 2.19. The molecule has 0 unspecified atom stereocenters. The zero-order chi connectivity index (χ0) is 18.8.